The van der Waals surface area contributed by atoms with Crippen LogP contribution in [0.5, 0.6) is 0 Å². The lowest BCUT2D eigenvalue weighted by Gasteiger charge is -2.08. The highest BCUT2D eigenvalue weighted by Crippen LogP contribution is 2.28. The van der Waals surface area contributed by atoms with Crippen LogP contribution in [0, 0.1) is 17.1 Å². The molecular weight excluding hydrogens is 297 g/mol. The van der Waals surface area contributed by atoms with Crippen molar-refractivity contribution in [1.82, 2.24) is 0 Å². The minimum Gasteiger partial charge on any atom is -0.206 e. The van der Waals surface area contributed by atoms with E-state index in [2.05, 4.69) is 25.1 Å². The summed E-state index contributed by atoms with van der Waals surface area (Å²) in [6.07, 6.45) is 2.15. The van der Waals surface area contributed by atoms with Crippen LogP contribution in [0.1, 0.15) is 24.5 Å². The van der Waals surface area contributed by atoms with Gasteiger partial charge in [-0.05, 0) is 46.9 Å². The lowest BCUT2D eigenvalue weighted by molar-refractivity contribution is 0.632. The van der Waals surface area contributed by atoms with Crippen molar-refractivity contribution in [3.05, 3.63) is 83.7 Å². The lowest BCUT2D eigenvalue weighted by Crippen LogP contribution is -1.88. The van der Waals surface area contributed by atoms with Crippen LogP contribution in [0.3, 0.4) is 0 Å². The molecule has 0 aliphatic carbocycles. The van der Waals surface area contributed by atoms with Gasteiger partial charge in [-0.1, -0.05) is 61.9 Å². The highest BCUT2D eigenvalue weighted by molar-refractivity contribution is 5.71. The number of nitriles is 1. The van der Waals surface area contributed by atoms with Gasteiger partial charge in [0, 0.05) is 5.56 Å². The summed E-state index contributed by atoms with van der Waals surface area (Å²) in [4.78, 5) is 0. The van der Waals surface area contributed by atoms with Gasteiger partial charge in [-0.25, -0.2) is 4.39 Å². The summed E-state index contributed by atoms with van der Waals surface area (Å²) in [6, 6.07) is 22.6. The summed E-state index contributed by atoms with van der Waals surface area (Å²) in [5, 5.41) is 8.85. The summed E-state index contributed by atoms with van der Waals surface area (Å²) >= 11 is 0. The number of aryl methyl sites for hydroxylation is 1. The molecule has 3 rings (SSSR count). The van der Waals surface area contributed by atoms with Crippen LogP contribution in [0.4, 0.5) is 4.39 Å². The van der Waals surface area contributed by atoms with Gasteiger partial charge in [-0.2, -0.15) is 5.26 Å². The fourth-order valence-electron chi connectivity index (χ4n) is 2.81. The molecule has 0 saturated carbocycles. The van der Waals surface area contributed by atoms with E-state index in [-0.39, 0.29) is 5.82 Å². The molecule has 24 heavy (non-hydrogen) atoms. The van der Waals surface area contributed by atoms with Crippen LogP contribution in [0.2, 0.25) is 0 Å². The quantitative estimate of drug-likeness (QED) is 0.580. The van der Waals surface area contributed by atoms with E-state index in [0.29, 0.717) is 11.1 Å². The summed E-state index contributed by atoms with van der Waals surface area (Å²) in [6.45, 7) is 2.15. The third-order valence-electron chi connectivity index (χ3n) is 4.12. The number of hydrogen-bond donors (Lipinski definition) is 0. The van der Waals surface area contributed by atoms with Crippen LogP contribution in [0.25, 0.3) is 22.3 Å². The third-order valence-corrected chi connectivity index (χ3v) is 4.12. The van der Waals surface area contributed by atoms with Crippen molar-refractivity contribution < 1.29 is 4.39 Å². The second-order valence-corrected chi connectivity index (χ2v) is 5.83. The minimum atomic E-state index is -0.236. The predicted octanol–water partition coefficient (Wildman–Crippen LogP) is 5.98. The first kappa shape index (κ1) is 16.0. The molecule has 118 valence electrons. The van der Waals surface area contributed by atoms with Crippen molar-refractivity contribution in [1.29, 1.82) is 5.26 Å². The van der Waals surface area contributed by atoms with Gasteiger partial charge in [0.1, 0.15) is 5.82 Å². The molecule has 0 aliphatic rings. The highest BCUT2D eigenvalue weighted by Gasteiger charge is 2.08. The summed E-state index contributed by atoms with van der Waals surface area (Å²) < 4.78 is 14.6. The maximum absolute atomic E-state index is 14.6. The van der Waals surface area contributed by atoms with E-state index in [0.717, 1.165) is 29.5 Å². The smallest absolute Gasteiger partial charge is 0.131 e. The molecule has 0 saturated heterocycles. The van der Waals surface area contributed by atoms with Gasteiger partial charge in [0.2, 0.25) is 0 Å². The lowest BCUT2D eigenvalue weighted by atomic mass is 9.98. The van der Waals surface area contributed by atoms with Crippen molar-refractivity contribution in [2.24, 2.45) is 0 Å². The Morgan fingerprint density at radius 1 is 0.833 bits per heavy atom. The molecule has 0 aromatic heterocycles. The first-order chi connectivity index (χ1) is 11.7. The number of benzene rings is 3. The minimum absolute atomic E-state index is 0.236. The van der Waals surface area contributed by atoms with E-state index < -0.39 is 0 Å². The molecular formula is C22H18FN. The van der Waals surface area contributed by atoms with Gasteiger partial charge in [0.25, 0.3) is 0 Å². The van der Waals surface area contributed by atoms with Gasteiger partial charge in [-0.15, -0.1) is 0 Å². The Balaban J connectivity index is 1.90. The second kappa shape index (κ2) is 7.10. The summed E-state index contributed by atoms with van der Waals surface area (Å²) in [5.41, 5.74) is 5.08. The Hall–Kier alpha value is -2.92. The van der Waals surface area contributed by atoms with E-state index in [1.54, 1.807) is 18.2 Å². The van der Waals surface area contributed by atoms with Gasteiger partial charge < -0.3 is 0 Å². The normalized spacial score (nSPS) is 10.4. The zero-order chi connectivity index (χ0) is 16.9. The highest BCUT2D eigenvalue weighted by atomic mass is 19.1. The molecule has 0 atom stereocenters. The molecule has 0 radical (unpaired) electrons. The van der Waals surface area contributed by atoms with E-state index in [4.69, 9.17) is 5.26 Å². The standard InChI is InChI=1S/C22H18FN/c1-2-3-16-4-10-19(11-5-16)21-13-12-20(14-22(21)23)18-8-6-17(15-24)7-9-18/h4-14H,2-3H2,1H3. The zero-order valence-corrected chi connectivity index (χ0v) is 13.6. The van der Waals surface area contributed by atoms with Crippen LogP contribution in [-0.4, -0.2) is 0 Å². The number of nitrogens with zero attached hydrogens (tertiary/aromatic N) is 1. The molecule has 3 aromatic rings. The van der Waals surface area contributed by atoms with Crippen LogP contribution in [-0.2, 0) is 6.42 Å². The second-order valence-electron chi connectivity index (χ2n) is 5.83. The average Bonchev–Trinajstić information content (AvgIpc) is 2.63. The third kappa shape index (κ3) is 3.36. The largest absolute Gasteiger partial charge is 0.206 e. The number of hydrogen-bond acceptors (Lipinski definition) is 1. The molecule has 0 bridgehead atoms. The molecule has 1 nitrogen and oxygen atoms in total. The maximum Gasteiger partial charge on any atom is 0.131 e. The first-order valence-electron chi connectivity index (χ1n) is 8.10. The van der Waals surface area contributed by atoms with E-state index in [1.165, 1.54) is 5.56 Å². The van der Waals surface area contributed by atoms with E-state index >= 15 is 0 Å². The number of halogens is 1. The van der Waals surface area contributed by atoms with Crippen molar-refractivity contribution >= 4 is 0 Å². The topological polar surface area (TPSA) is 23.8 Å². The van der Waals surface area contributed by atoms with E-state index in [1.807, 2.05) is 36.4 Å². The maximum atomic E-state index is 14.6. The SMILES string of the molecule is CCCc1ccc(-c2ccc(-c3ccc(C#N)cc3)cc2F)cc1. The number of rotatable bonds is 4. The Bertz CT molecular complexity index is 871. The van der Waals surface area contributed by atoms with Crippen LogP contribution < -0.4 is 0 Å². The molecule has 2 heteroatoms. The molecule has 0 amide bonds. The van der Waals surface area contributed by atoms with Crippen molar-refractivity contribution in [3.8, 4) is 28.3 Å². The molecule has 0 unspecified atom stereocenters. The van der Waals surface area contributed by atoms with Crippen molar-refractivity contribution in [2.75, 3.05) is 0 Å². The molecule has 3 aromatic carbocycles. The van der Waals surface area contributed by atoms with Crippen LogP contribution in [0.15, 0.2) is 66.7 Å². The van der Waals surface area contributed by atoms with Gasteiger partial charge in [-0.3, -0.25) is 0 Å². The Kier molecular flexibility index (Phi) is 4.72. The van der Waals surface area contributed by atoms with Crippen molar-refractivity contribution in [2.45, 2.75) is 19.8 Å². The Morgan fingerprint density at radius 3 is 2.04 bits per heavy atom. The molecule has 0 heterocycles. The fourth-order valence-corrected chi connectivity index (χ4v) is 2.81. The Labute approximate surface area is 142 Å². The van der Waals surface area contributed by atoms with Gasteiger partial charge >= 0.3 is 0 Å². The fraction of sp³-hybridized carbons (Fsp3) is 0.136. The van der Waals surface area contributed by atoms with E-state index in [9.17, 15) is 4.39 Å². The average molecular weight is 315 g/mol. The monoisotopic (exact) mass is 315 g/mol. The molecule has 0 fully saturated rings. The first-order valence-corrected chi connectivity index (χ1v) is 8.10. The van der Waals surface area contributed by atoms with Crippen LogP contribution >= 0.6 is 0 Å². The predicted molar refractivity (Wildman–Crippen MR) is 96.0 cm³/mol. The zero-order valence-electron chi connectivity index (χ0n) is 13.6. The van der Waals surface area contributed by atoms with Gasteiger partial charge in [0.15, 0.2) is 0 Å². The molecule has 0 spiro atoms. The molecule has 0 aliphatic heterocycles. The Morgan fingerprint density at radius 2 is 1.46 bits per heavy atom. The summed E-state index contributed by atoms with van der Waals surface area (Å²) in [7, 11) is 0. The molecule has 0 N–H and O–H groups in total. The summed E-state index contributed by atoms with van der Waals surface area (Å²) in [5.74, 6) is -0.236. The van der Waals surface area contributed by atoms with Crippen molar-refractivity contribution in [3.63, 3.8) is 0 Å². The van der Waals surface area contributed by atoms with Gasteiger partial charge in [0.05, 0.1) is 11.6 Å².